The third-order valence-corrected chi connectivity index (χ3v) is 15.1. The number of carbonyl (C=O) groups is 3. The van der Waals surface area contributed by atoms with Crippen LogP contribution in [0.4, 0.5) is 0 Å². The number of unbranched alkanes of at least 4 members (excludes halogenated alkanes) is 12. The molecule has 6 aliphatic heterocycles. The maximum absolute atomic E-state index is 14.0. The summed E-state index contributed by atoms with van der Waals surface area (Å²) in [6, 6.07) is 2.19. The molecule has 2 aromatic rings. The van der Waals surface area contributed by atoms with Crippen molar-refractivity contribution in [1.29, 1.82) is 5.26 Å². The van der Waals surface area contributed by atoms with Gasteiger partial charge in [0.1, 0.15) is 18.4 Å². The number of methoxy groups -OCH3 is 2. The molecule has 0 aromatic heterocycles. The monoisotopic (exact) mass is 905 g/mol. The van der Waals surface area contributed by atoms with Crippen LogP contribution in [-0.4, -0.2) is 99.2 Å². The second-order valence-electron chi connectivity index (χ2n) is 17.9. The number of aryl methyl sites for hydroxylation is 1. The second-order valence-corrected chi connectivity index (χ2v) is 19.1. The minimum atomic E-state index is -1.19. The fourth-order valence-electron chi connectivity index (χ4n) is 10.8. The van der Waals surface area contributed by atoms with Crippen molar-refractivity contribution in [3.63, 3.8) is 0 Å². The average Bonchev–Trinajstić information content (AvgIpc) is 3.77. The number of carbonyl (C=O) groups excluding carboxylic acids is 3. The molecule has 2 unspecified atom stereocenters. The molecule has 6 aliphatic rings. The molecule has 6 heterocycles. The number of rotatable bonds is 20. The number of thioether (sulfide) groups is 1. The van der Waals surface area contributed by atoms with Crippen LogP contribution in [0.5, 0.6) is 28.7 Å². The zero-order chi connectivity index (χ0) is 45.5. The average molecular weight is 906 g/mol. The Morgan fingerprint density at radius 2 is 1.56 bits per heavy atom. The molecule has 0 radical (unpaired) electrons. The molecule has 15 heteroatoms. The van der Waals surface area contributed by atoms with E-state index in [0.29, 0.717) is 58.3 Å². The number of nitrogens with zero attached hydrogens (tertiary/aromatic N) is 3. The van der Waals surface area contributed by atoms with Crippen LogP contribution < -0.4 is 23.7 Å². The van der Waals surface area contributed by atoms with E-state index in [2.05, 4.69) is 28.9 Å². The van der Waals surface area contributed by atoms with Gasteiger partial charge in [0.2, 0.25) is 12.9 Å². The largest absolute Gasteiger partial charge is 0.493 e. The second kappa shape index (κ2) is 21.8. The van der Waals surface area contributed by atoms with Crippen molar-refractivity contribution in [1.82, 2.24) is 9.80 Å². The molecule has 8 rings (SSSR count). The normalized spacial score (nSPS) is 24.5. The maximum Gasteiger partial charge on any atom is 0.348 e. The van der Waals surface area contributed by atoms with Crippen LogP contribution in [0.15, 0.2) is 6.07 Å². The molecule has 64 heavy (non-hydrogen) atoms. The Morgan fingerprint density at radius 3 is 2.20 bits per heavy atom. The predicted molar refractivity (Wildman–Crippen MR) is 241 cm³/mol. The van der Waals surface area contributed by atoms with E-state index in [9.17, 15) is 19.6 Å². The molecule has 0 amide bonds. The summed E-state index contributed by atoms with van der Waals surface area (Å²) in [6.07, 6.45) is 15.1. The molecule has 2 saturated heterocycles. The van der Waals surface area contributed by atoms with Gasteiger partial charge in [0.25, 0.3) is 0 Å². The molecule has 2 fully saturated rings. The van der Waals surface area contributed by atoms with Crippen molar-refractivity contribution in [3.05, 3.63) is 39.4 Å². The van der Waals surface area contributed by atoms with Gasteiger partial charge in [0, 0.05) is 60.5 Å². The van der Waals surface area contributed by atoms with Crippen molar-refractivity contribution in [3.8, 4) is 34.8 Å². The van der Waals surface area contributed by atoms with E-state index >= 15 is 0 Å². The Balaban J connectivity index is 1.19. The molecule has 0 saturated carbocycles. The first-order valence-corrected chi connectivity index (χ1v) is 24.4. The highest BCUT2D eigenvalue weighted by atomic mass is 32.2. The van der Waals surface area contributed by atoms with Crippen molar-refractivity contribution in [2.45, 2.75) is 166 Å². The van der Waals surface area contributed by atoms with Gasteiger partial charge in [0.05, 0.1) is 30.5 Å². The van der Waals surface area contributed by atoms with Gasteiger partial charge >= 0.3 is 17.9 Å². The number of fused-ring (bicyclic) bond motifs is 10. The van der Waals surface area contributed by atoms with Gasteiger partial charge in [0.15, 0.2) is 29.8 Å². The Bertz CT molecular complexity index is 2060. The lowest BCUT2D eigenvalue weighted by atomic mass is 9.71. The van der Waals surface area contributed by atoms with E-state index in [4.69, 9.17) is 37.9 Å². The summed E-state index contributed by atoms with van der Waals surface area (Å²) < 4.78 is 48.4. The third-order valence-electron chi connectivity index (χ3n) is 13.7. The lowest BCUT2D eigenvalue weighted by Crippen LogP contribution is -2.69. The van der Waals surface area contributed by atoms with Crippen LogP contribution in [0, 0.1) is 25.2 Å². The fourth-order valence-corrected chi connectivity index (χ4v) is 12.2. The van der Waals surface area contributed by atoms with E-state index in [-0.39, 0.29) is 38.4 Å². The molecular formula is C49H67N3O11S. The van der Waals surface area contributed by atoms with Crippen molar-refractivity contribution >= 4 is 29.7 Å². The van der Waals surface area contributed by atoms with Crippen molar-refractivity contribution < 1.29 is 52.3 Å². The quantitative estimate of drug-likeness (QED) is 0.0537. The fraction of sp³-hybridized carbons (Fsp3) is 0.673. The molecule has 0 aliphatic carbocycles. The molecule has 0 spiro atoms. The summed E-state index contributed by atoms with van der Waals surface area (Å²) >= 11 is 1.41. The number of hydrogen-bond donors (Lipinski definition) is 0. The molecule has 2 aromatic carbocycles. The Kier molecular flexibility index (Phi) is 16.3. The smallest absolute Gasteiger partial charge is 0.348 e. The zero-order valence-electron chi connectivity index (χ0n) is 38.8. The standard InChI is InChI=1S/C49H67N3O11S/c1-8-9-10-11-12-13-14-15-16-17-18-19-20-21-37(54)63-36-26-64-48-40-39(47-45(60-28-61-47)30(3)44(40)62-31(4)53)35(25-58-49(36)55)52-34(24-50)33-23-32-22-29(2)43(57-7)46(59-27-56-6)38(32)41(42(48)52)51(33)5/h22,33-36,41-42,48H,8-21,23,25-28H2,1-7H3/t33-,34-,35-,36?,41+,42?,48+/m0/s1. The van der Waals surface area contributed by atoms with Crippen LogP contribution in [0.3, 0.4) is 0 Å². The molecule has 14 nitrogen and oxygen atoms in total. The number of esters is 3. The van der Waals surface area contributed by atoms with Gasteiger partial charge in [-0.3, -0.25) is 19.4 Å². The zero-order valence-corrected chi connectivity index (χ0v) is 39.6. The molecule has 7 atom stereocenters. The summed E-state index contributed by atoms with van der Waals surface area (Å²) in [7, 11) is 5.21. The van der Waals surface area contributed by atoms with Gasteiger partial charge < -0.3 is 37.9 Å². The first-order valence-electron chi connectivity index (χ1n) is 23.4. The van der Waals surface area contributed by atoms with Gasteiger partial charge in [-0.15, -0.1) is 11.8 Å². The van der Waals surface area contributed by atoms with Crippen molar-refractivity contribution in [2.75, 3.05) is 47.2 Å². The van der Waals surface area contributed by atoms with Crippen LogP contribution in [0.1, 0.15) is 154 Å². The first-order chi connectivity index (χ1) is 31.1. The Hall–Kier alpha value is -4.23. The van der Waals surface area contributed by atoms with E-state index in [1.807, 2.05) is 20.9 Å². The Labute approximate surface area is 382 Å². The van der Waals surface area contributed by atoms with E-state index in [1.165, 1.54) is 76.5 Å². The van der Waals surface area contributed by atoms with Crippen LogP contribution in [-0.2, 0) is 35.0 Å². The number of hydrogen-bond acceptors (Lipinski definition) is 15. The van der Waals surface area contributed by atoms with Gasteiger partial charge in [-0.25, -0.2) is 4.79 Å². The minimum absolute atomic E-state index is 0.0213. The van der Waals surface area contributed by atoms with Gasteiger partial charge in [-0.05, 0) is 44.9 Å². The third kappa shape index (κ3) is 9.67. The number of benzene rings is 2. The van der Waals surface area contributed by atoms with Crippen LogP contribution in [0.25, 0.3) is 0 Å². The number of ether oxygens (including phenoxy) is 8. The van der Waals surface area contributed by atoms with Crippen LogP contribution >= 0.6 is 11.8 Å². The summed E-state index contributed by atoms with van der Waals surface area (Å²) in [5.74, 6) is 0.818. The number of piperazine rings is 1. The highest BCUT2D eigenvalue weighted by Gasteiger charge is 2.61. The van der Waals surface area contributed by atoms with E-state index in [1.54, 1.807) is 14.2 Å². The highest BCUT2D eigenvalue weighted by Crippen LogP contribution is 2.64. The highest BCUT2D eigenvalue weighted by molar-refractivity contribution is 7.99. The molecule has 4 bridgehead atoms. The Morgan fingerprint density at radius 1 is 0.891 bits per heavy atom. The summed E-state index contributed by atoms with van der Waals surface area (Å²) in [5, 5.41) is 10.6. The first kappa shape index (κ1) is 47.7. The summed E-state index contributed by atoms with van der Waals surface area (Å²) in [4.78, 5) is 44.9. The number of likely N-dealkylation sites (N-methyl/N-ethyl adjacent to an activating group) is 1. The van der Waals surface area contributed by atoms with Gasteiger partial charge in [-0.2, -0.15) is 5.26 Å². The van der Waals surface area contributed by atoms with E-state index < -0.39 is 53.4 Å². The number of nitriles is 1. The van der Waals surface area contributed by atoms with Crippen LogP contribution in [0.2, 0.25) is 0 Å². The minimum Gasteiger partial charge on any atom is -0.493 e. The van der Waals surface area contributed by atoms with Crippen molar-refractivity contribution in [2.24, 2.45) is 0 Å². The summed E-state index contributed by atoms with van der Waals surface area (Å²) in [6.45, 7) is 7.15. The lowest BCUT2D eigenvalue weighted by Gasteiger charge is -2.61. The maximum atomic E-state index is 14.0. The lowest BCUT2D eigenvalue weighted by molar-refractivity contribution is -0.169. The summed E-state index contributed by atoms with van der Waals surface area (Å²) in [5.41, 5.74) is 4.76. The van der Waals surface area contributed by atoms with E-state index in [0.717, 1.165) is 36.0 Å². The molecule has 350 valence electrons. The SMILES string of the molecule is CCCCCCCCCCCCCCCC(=O)OC1CS[C@@H]2c3c(OC(C)=O)c(C)c4c(c3[C@H](COC1=O)N1C2[C@H]2c3c(cc(C)c(OC)c3OCOC)C[C@@H]([C@@H]1C#N)N2C)OCO4. The topological polar surface area (TPSA) is 155 Å². The molecular weight excluding hydrogens is 839 g/mol. The molecule has 0 N–H and O–H groups in total. The van der Waals surface area contributed by atoms with Gasteiger partial charge in [-0.1, -0.05) is 90.0 Å². The predicted octanol–water partition coefficient (Wildman–Crippen LogP) is 8.90.